The van der Waals surface area contributed by atoms with E-state index in [1.165, 1.54) is 76.6 Å². The van der Waals surface area contributed by atoms with Crippen LogP contribution in [-0.2, 0) is 0 Å². The second kappa shape index (κ2) is 13.4. The van der Waals surface area contributed by atoms with Gasteiger partial charge in [-0.25, -0.2) is 0 Å². The minimum Gasteiger partial charge on any atom is -0.456 e. The summed E-state index contributed by atoms with van der Waals surface area (Å²) in [7, 11) is 0. The molecule has 0 saturated carbocycles. The predicted octanol–water partition coefficient (Wildman–Crippen LogP) is 16.6. The first kappa shape index (κ1) is 35.0. The zero-order chi connectivity index (χ0) is 41.9. The summed E-state index contributed by atoms with van der Waals surface area (Å²) in [4.78, 5) is 2.33. The molecule has 0 aliphatic rings. The van der Waals surface area contributed by atoms with Crippen molar-refractivity contribution in [2.75, 3.05) is 4.90 Å². The highest BCUT2D eigenvalue weighted by Gasteiger charge is 2.20. The maximum Gasteiger partial charge on any atom is 0.137 e. The van der Waals surface area contributed by atoms with E-state index in [1.54, 1.807) is 0 Å². The van der Waals surface area contributed by atoms with Gasteiger partial charge < -0.3 is 18.3 Å². The van der Waals surface area contributed by atoms with Gasteiger partial charge in [0.25, 0.3) is 0 Å². The number of nitrogens with zero attached hydrogens (tertiary/aromatic N) is 3. The zero-order valence-electron chi connectivity index (χ0n) is 34.6. The quantitative estimate of drug-likeness (QED) is 0.167. The summed E-state index contributed by atoms with van der Waals surface area (Å²) in [5, 5.41) is 9.85. The molecule has 4 heteroatoms. The van der Waals surface area contributed by atoms with Gasteiger partial charge in [0.1, 0.15) is 11.2 Å². The molecule has 10 aromatic carbocycles. The molecule has 0 amide bonds. The molecule has 64 heavy (non-hydrogen) atoms. The number of aromatic nitrogens is 2. The molecule has 0 spiro atoms. The van der Waals surface area contributed by atoms with Crippen molar-refractivity contribution < 1.29 is 4.42 Å². The Kier molecular flexibility index (Phi) is 7.36. The maximum atomic E-state index is 6.80. The highest BCUT2D eigenvalue weighted by Crippen LogP contribution is 2.43. The van der Waals surface area contributed by atoms with E-state index in [9.17, 15) is 0 Å². The van der Waals surface area contributed by atoms with Gasteiger partial charge in [-0.15, -0.1) is 0 Å². The topological polar surface area (TPSA) is 25.7 Å². The van der Waals surface area contributed by atoms with E-state index in [0.29, 0.717) is 0 Å². The fourth-order valence-corrected chi connectivity index (χ4v) is 10.5. The number of fused-ring (bicyclic) bond motifs is 12. The van der Waals surface area contributed by atoms with Gasteiger partial charge in [-0.3, -0.25) is 0 Å². The lowest BCUT2D eigenvalue weighted by Gasteiger charge is -2.26. The molecule has 0 unspecified atom stereocenters. The van der Waals surface area contributed by atoms with E-state index in [-0.39, 0.29) is 0 Å². The van der Waals surface area contributed by atoms with Gasteiger partial charge in [-0.05, 0) is 113 Å². The fourth-order valence-electron chi connectivity index (χ4n) is 10.5. The van der Waals surface area contributed by atoms with Crippen molar-refractivity contribution in [1.82, 2.24) is 8.97 Å². The predicted molar refractivity (Wildman–Crippen MR) is 268 cm³/mol. The van der Waals surface area contributed by atoms with Gasteiger partial charge >= 0.3 is 0 Å². The van der Waals surface area contributed by atoms with Gasteiger partial charge in [0.15, 0.2) is 0 Å². The van der Waals surface area contributed by atoms with Crippen LogP contribution in [0, 0.1) is 0 Å². The molecule has 14 rings (SSSR count). The van der Waals surface area contributed by atoms with Gasteiger partial charge in [-0.1, -0.05) is 127 Å². The Hall–Kier alpha value is -8.60. The lowest BCUT2D eigenvalue weighted by atomic mass is 10.0. The largest absolute Gasteiger partial charge is 0.456 e. The number of hydrogen-bond acceptors (Lipinski definition) is 2. The Morgan fingerprint density at radius 2 is 0.781 bits per heavy atom. The molecule has 14 aromatic rings. The van der Waals surface area contributed by atoms with Crippen LogP contribution in [0.15, 0.2) is 229 Å². The number of para-hydroxylation sites is 4. The number of anilines is 3. The molecule has 4 heterocycles. The molecule has 4 nitrogen and oxygen atoms in total. The second-order valence-electron chi connectivity index (χ2n) is 16.9. The van der Waals surface area contributed by atoms with Crippen molar-refractivity contribution in [2.45, 2.75) is 0 Å². The highest BCUT2D eigenvalue weighted by atomic mass is 16.3. The summed E-state index contributed by atoms with van der Waals surface area (Å²) in [6.45, 7) is 0. The summed E-state index contributed by atoms with van der Waals surface area (Å²) in [5.74, 6) is 0. The minimum absolute atomic E-state index is 0.851. The van der Waals surface area contributed by atoms with Gasteiger partial charge in [0.2, 0.25) is 0 Å². The Bertz CT molecular complexity index is 4060. The van der Waals surface area contributed by atoms with E-state index >= 15 is 0 Å². The summed E-state index contributed by atoms with van der Waals surface area (Å²) >= 11 is 0. The number of benzene rings is 10. The highest BCUT2D eigenvalue weighted by molar-refractivity contribution is 6.23. The Labute approximate surface area is 368 Å². The summed E-state index contributed by atoms with van der Waals surface area (Å²) in [6.07, 6.45) is 0. The standard InChI is InChI=1S/C60H37N3O/c1-2-11-38(12-3-1)39-21-25-42(26-22-39)61(43-27-29-44(30-28-43)62-54-18-7-4-13-46(54)47-14-5-8-19-55(47)62)45-31-33-50-49-32-23-41(36-58(49)64-59(50)37-45)40-24-34-57-53(35-40)52-17-10-16-51-48-15-6-9-20-56(48)63(57)60(51)52/h1-37H. The first-order valence-electron chi connectivity index (χ1n) is 21.9. The third-order valence-corrected chi connectivity index (χ3v) is 13.4. The lowest BCUT2D eigenvalue weighted by Crippen LogP contribution is -2.10. The van der Waals surface area contributed by atoms with Crippen molar-refractivity contribution >= 4 is 98.9 Å². The van der Waals surface area contributed by atoms with Gasteiger partial charge in [-0.2, -0.15) is 0 Å². The molecule has 4 aromatic heterocycles. The van der Waals surface area contributed by atoms with Gasteiger partial charge in [0, 0.05) is 71.9 Å². The van der Waals surface area contributed by atoms with Crippen molar-refractivity contribution in [3.63, 3.8) is 0 Å². The van der Waals surface area contributed by atoms with Crippen LogP contribution in [0.2, 0.25) is 0 Å². The molecule has 0 radical (unpaired) electrons. The van der Waals surface area contributed by atoms with E-state index < -0.39 is 0 Å². The van der Waals surface area contributed by atoms with Gasteiger partial charge in [0.05, 0.1) is 27.6 Å². The first-order valence-corrected chi connectivity index (χ1v) is 21.9. The van der Waals surface area contributed by atoms with E-state index in [2.05, 4.69) is 238 Å². The molecule has 298 valence electrons. The number of hydrogen-bond donors (Lipinski definition) is 0. The van der Waals surface area contributed by atoms with Crippen LogP contribution in [0.1, 0.15) is 0 Å². The minimum atomic E-state index is 0.851. The Morgan fingerprint density at radius 3 is 1.50 bits per heavy atom. The first-order chi connectivity index (χ1) is 31.7. The van der Waals surface area contributed by atoms with Crippen LogP contribution in [0.25, 0.3) is 110 Å². The molecular weight excluding hydrogens is 779 g/mol. The van der Waals surface area contributed by atoms with E-state index in [0.717, 1.165) is 50.3 Å². The van der Waals surface area contributed by atoms with Crippen molar-refractivity contribution in [3.05, 3.63) is 224 Å². The van der Waals surface area contributed by atoms with E-state index in [4.69, 9.17) is 4.42 Å². The molecule has 0 atom stereocenters. The molecule has 0 fully saturated rings. The second-order valence-corrected chi connectivity index (χ2v) is 16.9. The van der Waals surface area contributed by atoms with Crippen molar-refractivity contribution in [3.8, 4) is 27.9 Å². The van der Waals surface area contributed by atoms with E-state index in [1.807, 2.05) is 0 Å². The van der Waals surface area contributed by atoms with Crippen LogP contribution >= 0.6 is 0 Å². The number of furan rings is 1. The normalized spacial score (nSPS) is 12.1. The fraction of sp³-hybridized carbons (Fsp3) is 0. The van der Waals surface area contributed by atoms with Crippen LogP contribution in [0.3, 0.4) is 0 Å². The van der Waals surface area contributed by atoms with Crippen molar-refractivity contribution in [1.29, 1.82) is 0 Å². The zero-order valence-corrected chi connectivity index (χ0v) is 34.6. The van der Waals surface area contributed by atoms with Crippen LogP contribution in [-0.4, -0.2) is 8.97 Å². The Balaban J connectivity index is 0.873. The summed E-state index contributed by atoms with van der Waals surface area (Å²) in [5.41, 5.74) is 16.8. The molecule has 0 bridgehead atoms. The van der Waals surface area contributed by atoms with Crippen molar-refractivity contribution in [2.24, 2.45) is 0 Å². The molecule has 0 aliphatic carbocycles. The Morgan fingerprint density at radius 1 is 0.297 bits per heavy atom. The smallest absolute Gasteiger partial charge is 0.137 e. The average molecular weight is 816 g/mol. The molecular formula is C60H37N3O. The molecule has 0 N–H and O–H groups in total. The maximum absolute atomic E-state index is 6.80. The molecule has 0 saturated heterocycles. The third-order valence-electron chi connectivity index (χ3n) is 13.4. The third kappa shape index (κ3) is 5.11. The monoisotopic (exact) mass is 815 g/mol. The number of rotatable bonds is 6. The van der Waals surface area contributed by atoms with Crippen LogP contribution in [0.4, 0.5) is 17.1 Å². The summed E-state index contributed by atoms with van der Waals surface area (Å²) < 4.78 is 11.6. The lowest BCUT2D eigenvalue weighted by molar-refractivity contribution is 0.669. The summed E-state index contributed by atoms with van der Waals surface area (Å²) in [6, 6.07) is 81.2. The molecule has 0 aliphatic heterocycles. The SMILES string of the molecule is c1ccc(-c2ccc(N(c3ccc(-n4c5ccccc5c5ccccc54)cc3)c3ccc4c(c3)oc3cc(-c5ccc6c(c5)c5cccc7c8ccccc8n6c75)ccc34)cc2)cc1. The average Bonchev–Trinajstić information content (AvgIpc) is 4.10. The van der Waals surface area contributed by atoms with Crippen LogP contribution < -0.4 is 4.90 Å². The van der Waals surface area contributed by atoms with Crippen LogP contribution in [0.5, 0.6) is 0 Å².